The van der Waals surface area contributed by atoms with E-state index in [0.29, 0.717) is 22.6 Å². The quantitative estimate of drug-likeness (QED) is 0.520. The van der Waals surface area contributed by atoms with Crippen LogP contribution in [0, 0.1) is 0 Å². The molecule has 0 bridgehead atoms. The topological polar surface area (TPSA) is 60.6 Å². The third-order valence-corrected chi connectivity index (χ3v) is 5.74. The average Bonchev–Trinajstić information content (AvgIpc) is 3.27. The minimum atomic E-state index is 0.416. The molecule has 1 aromatic carbocycles. The van der Waals surface area contributed by atoms with Gasteiger partial charge in [0.05, 0.1) is 24.2 Å². The molecule has 7 heteroatoms. The van der Waals surface area contributed by atoms with Crippen LogP contribution in [0.2, 0.25) is 0 Å². The van der Waals surface area contributed by atoms with Crippen molar-refractivity contribution >= 4 is 32.7 Å². The standard InChI is InChI=1S/C20H19N3O3S/c1-13-11-24-8-7-23(13)10-14-12-25-17-9-15(4-5-16(14)17)26-20-22-19-18(27-20)3-2-6-21-19/h2-6,9,12-13H,7-8,10-11H2,1H3/t13-/m0/s1. The second kappa shape index (κ2) is 6.92. The molecule has 4 heterocycles. The molecule has 1 aliphatic rings. The molecule has 0 saturated carbocycles. The van der Waals surface area contributed by atoms with Crippen LogP contribution < -0.4 is 4.74 Å². The first kappa shape index (κ1) is 16.7. The number of thiazole rings is 1. The Balaban J connectivity index is 1.38. The summed E-state index contributed by atoms with van der Waals surface area (Å²) in [6.07, 6.45) is 3.58. The van der Waals surface area contributed by atoms with Gasteiger partial charge in [-0.2, -0.15) is 4.98 Å². The van der Waals surface area contributed by atoms with Crippen LogP contribution in [0.4, 0.5) is 0 Å². The minimum absolute atomic E-state index is 0.416. The van der Waals surface area contributed by atoms with Gasteiger partial charge in [-0.25, -0.2) is 4.98 Å². The van der Waals surface area contributed by atoms with E-state index in [9.17, 15) is 0 Å². The van der Waals surface area contributed by atoms with Crippen molar-refractivity contribution in [3.8, 4) is 10.9 Å². The lowest BCUT2D eigenvalue weighted by Crippen LogP contribution is -2.42. The molecule has 0 spiro atoms. The zero-order valence-corrected chi connectivity index (χ0v) is 15.7. The van der Waals surface area contributed by atoms with E-state index in [0.717, 1.165) is 42.0 Å². The third-order valence-electron chi connectivity index (χ3n) is 4.86. The number of furan rings is 1. The fourth-order valence-corrected chi connectivity index (χ4v) is 4.15. The molecule has 0 aliphatic carbocycles. The largest absolute Gasteiger partial charge is 0.464 e. The van der Waals surface area contributed by atoms with Crippen molar-refractivity contribution in [2.45, 2.75) is 19.5 Å². The van der Waals surface area contributed by atoms with Gasteiger partial charge >= 0.3 is 0 Å². The molecule has 0 amide bonds. The third kappa shape index (κ3) is 3.29. The van der Waals surface area contributed by atoms with Crippen molar-refractivity contribution < 1.29 is 13.9 Å². The number of nitrogens with zero attached hydrogens (tertiary/aromatic N) is 3. The lowest BCUT2D eigenvalue weighted by atomic mass is 10.1. The van der Waals surface area contributed by atoms with E-state index in [4.69, 9.17) is 13.9 Å². The Labute approximate surface area is 160 Å². The first-order valence-corrected chi connectivity index (χ1v) is 9.79. The maximum absolute atomic E-state index is 5.93. The number of benzene rings is 1. The highest BCUT2D eigenvalue weighted by atomic mass is 32.1. The second-order valence-electron chi connectivity index (χ2n) is 6.72. The maximum atomic E-state index is 5.93. The summed E-state index contributed by atoms with van der Waals surface area (Å²) in [7, 11) is 0. The van der Waals surface area contributed by atoms with Crippen molar-refractivity contribution in [2.24, 2.45) is 0 Å². The van der Waals surface area contributed by atoms with E-state index in [2.05, 4.69) is 27.9 Å². The molecule has 5 rings (SSSR count). The molecule has 4 aromatic rings. The molecule has 0 N–H and O–H groups in total. The Morgan fingerprint density at radius 2 is 2.30 bits per heavy atom. The van der Waals surface area contributed by atoms with Crippen LogP contribution in [0.1, 0.15) is 12.5 Å². The van der Waals surface area contributed by atoms with E-state index in [1.165, 1.54) is 16.9 Å². The SMILES string of the molecule is C[C@H]1COCCN1Cc1coc2cc(Oc3nc4ncccc4s3)ccc12. The molecule has 0 unspecified atom stereocenters. The summed E-state index contributed by atoms with van der Waals surface area (Å²) in [6, 6.07) is 10.2. The van der Waals surface area contributed by atoms with Crippen LogP contribution in [-0.2, 0) is 11.3 Å². The van der Waals surface area contributed by atoms with E-state index >= 15 is 0 Å². The van der Waals surface area contributed by atoms with Gasteiger partial charge < -0.3 is 13.9 Å². The fraction of sp³-hybridized carbons (Fsp3) is 0.300. The molecule has 27 heavy (non-hydrogen) atoms. The summed E-state index contributed by atoms with van der Waals surface area (Å²) in [5, 5.41) is 1.70. The van der Waals surface area contributed by atoms with Gasteiger partial charge in [-0.3, -0.25) is 4.90 Å². The maximum Gasteiger partial charge on any atom is 0.281 e. The molecule has 138 valence electrons. The van der Waals surface area contributed by atoms with Crippen molar-refractivity contribution in [3.63, 3.8) is 0 Å². The van der Waals surface area contributed by atoms with Gasteiger partial charge in [0.2, 0.25) is 0 Å². The monoisotopic (exact) mass is 381 g/mol. The summed E-state index contributed by atoms with van der Waals surface area (Å²) >= 11 is 1.48. The van der Waals surface area contributed by atoms with Crippen LogP contribution in [0.15, 0.2) is 47.2 Å². The highest BCUT2D eigenvalue weighted by molar-refractivity contribution is 7.20. The van der Waals surface area contributed by atoms with Gasteiger partial charge in [0.1, 0.15) is 11.3 Å². The van der Waals surface area contributed by atoms with E-state index in [-0.39, 0.29) is 0 Å². The van der Waals surface area contributed by atoms with E-state index in [1.807, 2.05) is 30.5 Å². The van der Waals surface area contributed by atoms with Crippen molar-refractivity contribution in [1.29, 1.82) is 0 Å². The Kier molecular flexibility index (Phi) is 4.27. The van der Waals surface area contributed by atoms with Gasteiger partial charge in [0.25, 0.3) is 5.19 Å². The Bertz CT molecular complexity index is 1060. The smallest absolute Gasteiger partial charge is 0.281 e. The highest BCUT2D eigenvalue weighted by Gasteiger charge is 2.20. The summed E-state index contributed by atoms with van der Waals surface area (Å²) < 4.78 is 18.3. The first-order chi connectivity index (χ1) is 13.3. The van der Waals surface area contributed by atoms with Crippen LogP contribution in [0.5, 0.6) is 10.9 Å². The van der Waals surface area contributed by atoms with Crippen LogP contribution in [0.25, 0.3) is 21.3 Å². The molecular formula is C20H19N3O3S. The summed E-state index contributed by atoms with van der Waals surface area (Å²) in [5.41, 5.74) is 2.72. The normalized spacial score (nSPS) is 18.3. The summed E-state index contributed by atoms with van der Waals surface area (Å²) in [5.74, 6) is 0.710. The van der Waals surface area contributed by atoms with Crippen molar-refractivity contribution in [3.05, 3.63) is 48.4 Å². The second-order valence-corrected chi connectivity index (χ2v) is 7.71. The number of hydrogen-bond acceptors (Lipinski definition) is 7. The molecule has 6 nitrogen and oxygen atoms in total. The van der Waals surface area contributed by atoms with Gasteiger partial charge in [-0.05, 0) is 31.2 Å². The molecule has 1 aliphatic heterocycles. The molecular weight excluding hydrogens is 362 g/mol. The Hall–Kier alpha value is -2.48. The number of pyridine rings is 1. The van der Waals surface area contributed by atoms with Crippen molar-refractivity contribution in [1.82, 2.24) is 14.9 Å². The first-order valence-electron chi connectivity index (χ1n) is 8.97. The number of ether oxygens (including phenoxy) is 2. The van der Waals surface area contributed by atoms with E-state index < -0.39 is 0 Å². The number of morpholine rings is 1. The van der Waals surface area contributed by atoms with E-state index in [1.54, 1.807) is 6.20 Å². The summed E-state index contributed by atoms with van der Waals surface area (Å²) in [4.78, 5) is 11.1. The zero-order valence-electron chi connectivity index (χ0n) is 14.9. The van der Waals surface area contributed by atoms with Gasteiger partial charge in [-0.1, -0.05) is 11.3 Å². The van der Waals surface area contributed by atoms with Gasteiger partial charge in [0, 0.05) is 42.3 Å². The van der Waals surface area contributed by atoms with Gasteiger partial charge in [-0.15, -0.1) is 0 Å². The average molecular weight is 381 g/mol. The molecule has 1 saturated heterocycles. The van der Waals surface area contributed by atoms with Crippen LogP contribution in [-0.4, -0.2) is 40.7 Å². The molecule has 0 radical (unpaired) electrons. The highest BCUT2D eigenvalue weighted by Crippen LogP contribution is 2.33. The molecule has 1 atom stereocenters. The molecule has 3 aromatic heterocycles. The Morgan fingerprint density at radius 1 is 1.33 bits per heavy atom. The lowest BCUT2D eigenvalue weighted by Gasteiger charge is -2.32. The Morgan fingerprint density at radius 3 is 3.19 bits per heavy atom. The summed E-state index contributed by atoms with van der Waals surface area (Å²) in [6.45, 7) is 5.57. The lowest BCUT2D eigenvalue weighted by molar-refractivity contribution is -0.00428. The predicted octanol–water partition coefficient (Wildman–Crippen LogP) is 4.45. The minimum Gasteiger partial charge on any atom is -0.464 e. The number of aromatic nitrogens is 2. The van der Waals surface area contributed by atoms with Crippen molar-refractivity contribution in [2.75, 3.05) is 19.8 Å². The van der Waals surface area contributed by atoms with Gasteiger partial charge in [0.15, 0.2) is 5.65 Å². The fourth-order valence-electron chi connectivity index (χ4n) is 3.36. The zero-order chi connectivity index (χ0) is 18.2. The predicted molar refractivity (Wildman–Crippen MR) is 104 cm³/mol. The van der Waals surface area contributed by atoms with Crippen LogP contribution >= 0.6 is 11.3 Å². The number of rotatable bonds is 4. The molecule has 1 fully saturated rings. The van der Waals surface area contributed by atoms with Crippen LogP contribution in [0.3, 0.4) is 0 Å². The number of fused-ring (bicyclic) bond motifs is 2. The number of hydrogen-bond donors (Lipinski definition) is 0.